The van der Waals surface area contributed by atoms with E-state index in [0.29, 0.717) is 24.2 Å². The van der Waals surface area contributed by atoms with E-state index >= 15 is 0 Å². The maximum atomic E-state index is 12.0. The lowest BCUT2D eigenvalue weighted by atomic mass is 10.0. The number of nitrogens with one attached hydrogen (secondary N) is 2. The number of aromatic amines is 1. The molecule has 0 saturated carbocycles. The van der Waals surface area contributed by atoms with Crippen LogP contribution in [0.3, 0.4) is 0 Å². The molecule has 0 fully saturated rings. The minimum Gasteiger partial charge on any atom is -0.355 e. The second-order valence-corrected chi connectivity index (χ2v) is 7.54. The van der Waals surface area contributed by atoms with E-state index < -0.39 is 0 Å². The summed E-state index contributed by atoms with van der Waals surface area (Å²) < 4.78 is 1.59. The predicted molar refractivity (Wildman–Crippen MR) is 106 cm³/mol. The molecule has 0 spiro atoms. The fourth-order valence-corrected chi connectivity index (χ4v) is 3.33. The lowest BCUT2D eigenvalue weighted by Crippen LogP contribution is -2.27. The first-order valence-electron chi connectivity index (χ1n) is 9.14. The van der Waals surface area contributed by atoms with Gasteiger partial charge in [0.05, 0.1) is 5.75 Å². The number of rotatable bonds is 10. The largest absolute Gasteiger partial charge is 0.355 e. The zero-order valence-electron chi connectivity index (χ0n) is 15.7. The fourth-order valence-electron chi connectivity index (χ4n) is 2.52. The molecule has 0 atom stereocenters. The Bertz CT molecular complexity index is 750. The van der Waals surface area contributed by atoms with Gasteiger partial charge in [-0.1, -0.05) is 63.2 Å². The Kier molecular flexibility index (Phi) is 7.97. The summed E-state index contributed by atoms with van der Waals surface area (Å²) in [6.07, 6.45) is 2.72. The van der Waals surface area contributed by atoms with Crippen LogP contribution in [0, 0.1) is 0 Å². The first-order chi connectivity index (χ1) is 12.5. The molecule has 2 rings (SSSR count). The van der Waals surface area contributed by atoms with Crippen molar-refractivity contribution in [3.63, 3.8) is 0 Å². The molecular formula is C19H28N4O2S. The highest BCUT2D eigenvalue weighted by Gasteiger charge is 2.11. The van der Waals surface area contributed by atoms with Gasteiger partial charge in [-0.25, -0.2) is 9.89 Å². The monoisotopic (exact) mass is 376 g/mol. The number of benzene rings is 1. The van der Waals surface area contributed by atoms with Crippen LogP contribution in [0.1, 0.15) is 50.7 Å². The van der Waals surface area contributed by atoms with E-state index in [0.717, 1.165) is 19.3 Å². The maximum Gasteiger partial charge on any atom is 0.343 e. The zero-order chi connectivity index (χ0) is 18.9. The molecule has 26 heavy (non-hydrogen) atoms. The summed E-state index contributed by atoms with van der Waals surface area (Å²) >= 11 is 1.29. The summed E-state index contributed by atoms with van der Waals surface area (Å²) in [4.78, 5) is 23.7. The molecule has 7 heteroatoms. The van der Waals surface area contributed by atoms with Crippen LogP contribution in [0.25, 0.3) is 0 Å². The summed E-state index contributed by atoms with van der Waals surface area (Å²) in [6.45, 7) is 7.65. The van der Waals surface area contributed by atoms with E-state index in [1.54, 1.807) is 4.57 Å². The van der Waals surface area contributed by atoms with Gasteiger partial charge in [0.15, 0.2) is 5.16 Å². The van der Waals surface area contributed by atoms with Crippen LogP contribution in [-0.4, -0.2) is 33.0 Å². The number of H-pyrrole nitrogens is 1. The average Bonchev–Trinajstić information content (AvgIpc) is 2.98. The van der Waals surface area contributed by atoms with Crippen molar-refractivity contribution >= 4 is 17.7 Å². The Hall–Kier alpha value is -2.02. The van der Waals surface area contributed by atoms with Gasteiger partial charge in [0.2, 0.25) is 5.91 Å². The third-order valence-corrected chi connectivity index (χ3v) is 5.15. The van der Waals surface area contributed by atoms with Crippen LogP contribution in [-0.2, 0) is 17.8 Å². The van der Waals surface area contributed by atoms with Crippen LogP contribution in [0.5, 0.6) is 0 Å². The Morgan fingerprint density at radius 2 is 2.04 bits per heavy atom. The molecule has 0 saturated heterocycles. The molecule has 0 aliphatic rings. The van der Waals surface area contributed by atoms with Gasteiger partial charge >= 0.3 is 5.69 Å². The summed E-state index contributed by atoms with van der Waals surface area (Å²) in [6, 6.07) is 8.52. The van der Waals surface area contributed by atoms with Crippen molar-refractivity contribution in [2.75, 3.05) is 12.3 Å². The molecule has 0 radical (unpaired) electrons. The third-order valence-electron chi connectivity index (χ3n) is 4.17. The molecule has 6 nitrogen and oxygen atoms in total. The van der Waals surface area contributed by atoms with Crippen molar-refractivity contribution in [1.29, 1.82) is 0 Å². The zero-order valence-corrected chi connectivity index (χ0v) is 16.6. The van der Waals surface area contributed by atoms with Gasteiger partial charge < -0.3 is 5.32 Å². The van der Waals surface area contributed by atoms with Crippen molar-refractivity contribution in [2.24, 2.45) is 0 Å². The highest BCUT2D eigenvalue weighted by atomic mass is 32.2. The van der Waals surface area contributed by atoms with E-state index in [4.69, 9.17) is 0 Å². The third kappa shape index (κ3) is 6.05. The first-order valence-corrected chi connectivity index (χ1v) is 10.1. The molecule has 2 aromatic rings. The van der Waals surface area contributed by atoms with Gasteiger partial charge in [0.1, 0.15) is 0 Å². The lowest BCUT2D eigenvalue weighted by Gasteiger charge is -2.08. The number of aromatic nitrogens is 3. The number of hydrogen-bond donors (Lipinski definition) is 2. The number of carbonyl (C=O) groups is 1. The van der Waals surface area contributed by atoms with Crippen molar-refractivity contribution in [3.8, 4) is 0 Å². The smallest absolute Gasteiger partial charge is 0.343 e. The normalized spacial score (nSPS) is 11.1. The Labute approximate surface area is 158 Å². The second-order valence-electron chi connectivity index (χ2n) is 6.60. The van der Waals surface area contributed by atoms with Crippen molar-refractivity contribution in [1.82, 2.24) is 20.1 Å². The maximum absolute atomic E-state index is 12.0. The summed E-state index contributed by atoms with van der Waals surface area (Å²) in [5.41, 5.74) is 2.32. The van der Waals surface area contributed by atoms with E-state index in [9.17, 15) is 9.59 Å². The van der Waals surface area contributed by atoms with E-state index in [1.807, 2.05) is 0 Å². The van der Waals surface area contributed by atoms with Crippen LogP contribution < -0.4 is 11.0 Å². The molecule has 0 unspecified atom stereocenters. The standard InChI is InChI=1S/C19H28N4O2S/c1-4-5-12-23-18(25)21-22-19(23)26-13-17(24)20-11-10-15-6-8-16(9-7-15)14(2)3/h6-9,14H,4-5,10-13H2,1-3H3,(H,20,24)(H,21,25). The summed E-state index contributed by atoms with van der Waals surface area (Å²) in [5.74, 6) is 0.728. The topological polar surface area (TPSA) is 79.8 Å². The van der Waals surface area contributed by atoms with E-state index in [-0.39, 0.29) is 17.3 Å². The van der Waals surface area contributed by atoms with Gasteiger partial charge in [0, 0.05) is 13.1 Å². The average molecular weight is 377 g/mol. The van der Waals surface area contributed by atoms with Gasteiger partial charge in [0.25, 0.3) is 0 Å². The van der Waals surface area contributed by atoms with Crippen molar-refractivity contribution < 1.29 is 4.79 Å². The number of carbonyl (C=O) groups excluding carboxylic acids is 1. The molecule has 1 aromatic carbocycles. The number of unbranched alkanes of at least 4 members (excludes halogenated alkanes) is 1. The quantitative estimate of drug-likeness (QED) is 0.625. The van der Waals surface area contributed by atoms with Crippen LogP contribution in [0.15, 0.2) is 34.2 Å². The lowest BCUT2D eigenvalue weighted by molar-refractivity contribution is -0.118. The Balaban J connectivity index is 1.75. The Morgan fingerprint density at radius 3 is 2.69 bits per heavy atom. The first kappa shape index (κ1) is 20.3. The molecule has 142 valence electrons. The predicted octanol–water partition coefficient (Wildman–Crippen LogP) is 2.95. The van der Waals surface area contributed by atoms with Crippen LogP contribution in [0.2, 0.25) is 0 Å². The fraction of sp³-hybridized carbons (Fsp3) is 0.526. The molecule has 1 heterocycles. The number of amides is 1. The molecule has 2 N–H and O–H groups in total. The van der Waals surface area contributed by atoms with Crippen LogP contribution >= 0.6 is 11.8 Å². The molecule has 0 aliphatic heterocycles. The highest BCUT2D eigenvalue weighted by Crippen LogP contribution is 2.15. The summed E-state index contributed by atoms with van der Waals surface area (Å²) in [5, 5.41) is 9.95. The van der Waals surface area contributed by atoms with Crippen molar-refractivity contribution in [2.45, 2.75) is 57.7 Å². The molecular weight excluding hydrogens is 348 g/mol. The highest BCUT2D eigenvalue weighted by molar-refractivity contribution is 7.99. The Morgan fingerprint density at radius 1 is 1.31 bits per heavy atom. The molecule has 1 amide bonds. The van der Waals surface area contributed by atoms with Crippen LogP contribution in [0.4, 0.5) is 0 Å². The molecule has 0 aliphatic carbocycles. The number of thioether (sulfide) groups is 1. The summed E-state index contributed by atoms with van der Waals surface area (Å²) in [7, 11) is 0. The van der Waals surface area contributed by atoms with E-state index in [2.05, 4.69) is 60.6 Å². The van der Waals surface area contributed by atoms with Gasteiger partial charge in [-0.2, -0.15) is 0 Å². The van der Waals surface area contributed by atoms with Gasteiger partial charge in [-0.3, -0.25) is 9.36 Å². The minimum absolute atomic E-state index is 0.0497. The van der Waals surface area contributed by atoms with Gasteiger partial charge in [-0.05, 0) is 29.9 Å². The number of hydrogen-bond acceptors (Lipinski definition) is 4. The number of nitrogens with zero attached hydrogens (tertiary/aromatic N) is 2. The van der Waals surface area contributed by atoms with Gasteiger partial charge in [-0.15, -0.1) is 5.10 Å². The minimum atomic E-state index is -0.216. The molecule has 0 bridgehead atoms. The SMILES string of the molecule is CCCCn1c(SCC(=O)NCCc2ccc(C(C)C)cc2)n[nH]c1=O. The second kappa shape index (κ2) is 10.2. The molecule has 1 aromatic heterocycles. The van der Waals surface area contributed by atoms with E-state index in [1.165, 1.54) is 22.9 Å². The van der Waals surface area contributed by atoms with Crippen molar-refractivity contribution in [3.05, 3.63) is 45.9 Å².